The summed E-state index contributed by atoms with van der Waals surface area (Å²) < 4.78 is 34.9. The minimum atomic E-state index is -4.27. The summed E-state index contributed by atoms with van der Waals surface area (Å²) in [5.74, 6) is -0.606. The summed E-state index contributed by atoms with van der Waals surface area (Å²) in [6.07, 6.45) is 0.306. The van der Waals surface area contributed by atoms with Gasteiger partial charge in [-0.25, -0.2) is 8.42 Å². The number of hydrogen-bond acceptors (Lipinski definition) is 5. The molecule has 3 aromatic carbocycles. The second kappa shape index (κ2) is 14.3. The molecule has 1 unspecified atom stereocenters. The molecule has 0 aromatic heterocycles. The van der Waals surface area contributed by atoms with Gasteiger partial charge < -0.3 is 15.0 Å². The van der Waals surface area contributed by atoms with E-state index in [-0.39, 0.29) is 29.6 Å². The molecule has 2 amide bonds. The van der Waals surface area contributed by atoms with Crippen LogP contribution in [-0.2, 0) is 26.2 Å². The van der Waals surface area contributed by atoms with Crippen LogP contribution in [0.1, 0.15) is 46.6 Å². The Morgan fingerprint density at radius 1 is 0.905 bits per heavy atom. The molecule has 3 rings (SSSR count). The number of para-hydroxylation sites is 2. The molecule has 0 saturated carbocycles. The number of halogens is 2. The van der Waals surface area contributed by atoms with Gasteiger partial charge in [0.15, 0.2) is 0 Å². The fourth-order valence-electron chi connectivity index (χ4n) is 4.35. The average Bonchev–Trinajstić information content (AvgIpc) is 2.92. The van der Waals surface area contributed by atoms with Crippen molar-refractivity contribution < 1.29 is 22.7 Å². The molecule has 226 valence electrons. The maximum atomic E-state index is 14.2. The third kappa shape index (κ3) is 8.63. The highest BCUT2D eigenvalue weighted by Gasteiger charge is 2.35. The molecule has 3 aromatic rings. The zero-order valence-electron chi connectivity index (χ0n) is 24.4. The largest absolute Gasteiger partial charge is 0.492 e. The predicted molar refractivity (Wildman–Crippen MR) is 168 cm³/mol. The highest BCUT2D eigenvalue weighted by molar-refractivity contribution is 7.92. The van der Waals surface area contributed by atoms with Crippen molar-refractivity contribution in [3.63, 3.8) is 0 Å². The van der Waals surface area contributed by atoms with Crippen LogP contribution >= 0.6 is 23.2 Å². The summed E-state index contributed by atoms with van der Waals surface area (Å²) in [7, 11) is -4.27. The summed E-state index contributed by atoms with van der Waals surface area (Å²) >= 11 is 12.1. The van der Waals surface area contributed by atoms with E-state index in [1.165, 1.54) is 29.2 Å². The Balaban J connectivity index is 2.12. The molecule has 0 fully saturated rings. The number of carbonyl (C=O) groups excluding carboxylic acids is 2. The number of nitrogens with zero attached hydrogens (tertiary/aromatic N) is 2. The lowest BCUT2D eigenvalue weighted by Gasteiger charge is -2.35. The van der Waals surface area contributed by atoms with Crippen LogP contribution in [-0.4, -0.2) is 49.9 Å². The first-order chi connectivity index (χ1) is 19.8. The molecule has 0 heterocycles. The van der Waals surface area contributed by atoms with Gasteiger partial charge in [-0.2, -0.15) is 0 Å². The van der Waals surface area contributed by atoms with Gasteiger partial charge in [0, 0.05) is 22.1 Å². The first kappa shape index (κ1) is 33.2. The van der Waals surface area contributed by atoms with Gasteiger partial charge in [0.1, 0.15) is 18.3 Å². The Labute approximate surface area is 258 Å². The molecule has 1 atom stereocenters. The minimum absolute atomic E-state index is 0.0484. The highest BCUT2D eigenvalue weighted by atomic mass is 35.5. The van der Waals surface area contributed by atoms with Crippen molar-refractivity contribution >= 4 is 50.7 Å². The number of anilines is 1. The first-order valence-corrected chi connectivity index (χ1v) is 15.8. The summed E-state index contributed by atoms with van der Waals surface area (Å²) in [6.45, 7) is 8.93. The van der Waals surface area contributed by atoms with E-state index >= 15 is 0 Å². The fraction of sp³-hybridized carbons (Fsp3) is 0.355. The number of ether oxygens (including phenoxy) is 1. The molecule has 0 spiro atoms. The van der Waals surface area contributed by atoms with Gasteiger partial charge in [0.2, 0.25) is 11.8 Å². The van der Waals surface area contributed by atoms with Gasteiger partial charge >= 0.3 is 0 Å². The zero-order valence-corrected chi connectivity index (χ0v) is 26.8. The van der Waals surface area contributed by atoms with E-state index in [4.69, 9.17) is 27.9 Å². The molecule has 0 aliphatic carbocycles. The van der Waals surface area contributed by atoms with E-state index in [2.05, 4.69) is 5.32 Å². The van der Waals surface area contributed by atoms with Crippen molar-refractivity contribution in [2.24, 2.45) is 0 Å². The van der Waals surface area contributed by atoms with Gasteiger partial charge in [0.05, 0.1) is 17.2 Å². The van der Waals surface area contributed by atoms with Crippen LogP contribution in [0, 0.1) is 0 Å². The van der Waals surface area contributed by atoms with E-state index in [9.17, 15) is 18.0 Å². The SMILES string of the molecule is CCOc1ccccc1N(CC(=O)N(Cc1ccc(Cl)cc1)C(CC)C(=O)NC(C)(C)C)S(=O)(=O)c1ccc(Cl)cc1. The number of hydrogen-bond donors (Lipinski definition) is 1. The van der Waals surface area contributed by atoms with Gasteiger partial charge in [0.25, 0.3) is 10.0 Å². The van der Waals surface area contributed by atoms with Gasteiger partial charge in [-0.15, -0.1) is 0 Å². The lowest BCUT2D eigenvalue weighted by Crippen LogP contribution is -2.55. The van der Waals surface area contributed by atoms with E-state index in [1.54, 1.807) is 55.5 Å². The van der Waals surface area contributed by atoms with Crippen LogP contribution in [0.15, 0.2) is 77.7 Å². The summed E-state index contributed by atoms with van der Waals surface area (Å²) in [6, 6.07) is 18.4. The Morgan fingerprint density at radius 3 is 2.02 bits per heavy atom. The number of amides is 2. The molecule has 0 aliphatic rings. The Kier molecular flexibility index (Phi) is 11.3. The molecule has 0 aliphatic heterocycles. The Bertz CT molecular complexity index is 1470. The third-order valence-electron chi connectivity index (χ3n) is 6.26. The van der Waals surface area contributed by atoms with Gasteiger partial charge in [-0.1, -0.05) is 54.4 Å². The molecular formula is C31H37Cl2N3O5S. The molecule has 0 radical (unpaired) electrons. The van der Waals surface area contributed by atoms with E-state index in [0.717, 1.165) is 9.87 Å². The van der Waals surface area contributed by atoms with Crippen molar-refractivity contribution in [3.05, 3.63) is 88.4 Å². The second-order valence-corrected chi connectivity index (χ2v) is 13.4. The third-order valence-corrected chi connectivity index (χ3v) is 8.54. The van der Waals surface area contributed by atoms with Crippen molar-refractivity contribution in [2.75, 3.05) is 17.5 Å². The number of rotatable bonds is 12. The predicted octanol–water partition coefficient (Wildman–Crippen LogP) is 6.31. The van der Waals surface area contributed by atoms with Crippen LogP contribution in [0.5, 0.6) is 5.75 Å². The van der Waals surface area contributed by atoms with Crippen LogP contribution in [0.3, 0.4) is 0 Å². The topological polar surface area (TPSA) is 96.0 Å². The van der Waals surface area contributed by atoms with E-state index in [0.29, 0.717) is 22.2 Å². The molecule has 0 bridgehead atoms. The van der Waals surface area contributed by atoms with Gasteiger partial charge in [-0.3, -0.25) is 13.9 Å². The fourth-order valence-corrected chi connectivity index (χ4v) is 6.02. The summed E-state index contributed by atoms with van der Waals surface area (Å²) in [5.41, 5.74) is 0.387. The smallest absolute Gasteiger partial charge is 0.264 e. The van der Waals surface area contributed by atoms with Crippen LogP contribution in [0.25, 0.3) is 0 Å². The summed E-state index contributed by atoms with van der Waals surface area (Å²) in [5, 5.41) is 3.86. The van der Waals surface area contributed by atoms with Crippen LogP contribution < -0.4 is 14.4 Å². The molecule has 1 N–H and O–H groups in total. The summed E-state index contributed by atoms with van der Waals surface area (Å²) in [4.78, 5) is 29.0. The number of nitrogens with one attached hydrogen (secondary N) is 1. The van der Waals surface area contributed by atoms with Crippen LogP contribution in [0.4, 0.5) is 5.69 Å². The van der Waals surface area contributed by atoms with E-state index < -0.39 is 34.1 Å². The molecule has 42 heavy (non-hydrogen) atoms. The normalized spacial score (nSPS) is 12.4. The minimum Gasteiger partial charge on any atom is -0.492 e. The number of carbonyl (C=O) groups is 2. The zero-order chi connectivity index (χ0) is 31.1. The quantitative estimate of drug-likeness (QED) is 0.252. The van der Waals surface area contributed by atoms with Crippen molar-refractivity contribution in [2.45, 2.75) is 64.1 Å². The van der Waals surface area contributed by atoms with E-state index in [1.807, 2.05) is 27.7 Å². The maximum Gasteiger partial charge on any atom is 0.264 e. The Morgan fingerprint density at radius 2 is 1.48 bits per heavy atom. The van der Waals surface area contributed by atoms with Crippen molar-refractivity contribution in [3.8, 4) is 5.75 Å². The average molecular weight is 635 g/mol. The standard InChI is InChI=1S/C31H37Cl2N3O5S/c1-6-26(30(38)34-31(3,4)5)35(20-22-12-14-23(32)15-13-22)29(37)21-36(27-10-8-9-11-28(27)41-7-2)42(39,40)25-18-16-24(33)17-19-25/h8-19,26H,6-7,20-21H2,1-5H3,(H,34,38). The van der Waals surface area contributed by atoms with Crippen molar-refractivity contribution in [1.82, 2.24) is 10.2 Å². The molecule has 0 saturated heterocycles. The second-order valence-electron chi connectivity index (χ2n) is 10.7. The maximum absolute atomic E-state index is 14.2. The lowest BCUT2D eigenvalue weighted by molar-refractivity contribution is -0.141. The Hall–Kier alpha value is -3.27. The number of sulfonamides is 1. The van der Waals surface area contributed by atoms with Crippen LogP contribution in [0.2, 0.25) is 10.0 Å². The lowest BCUT2D eigenvalue weighted by atomic mass is 10.1. The molecule has 8 nitrogen and oxygen atoms in total. The molecule has 11 heteroatoms. The number of benzene rings is 3. The monoisotopic (exact) mass is 633 g/mol. The highest BCUT2D eigenvalue weighted by Crippen LogP contribution is 2.33. The van der Waals surface area contributed by atoms with Crippen molar-refractivity contribution in [1.29, 1.82) is 0 Å². The van der Waals surface area contributed by atoms with Gasteiger partial charge in [-0.05, 0) is 88.2 Å². The first-order valence-electron chi connectivity index (χ1n) is 13.6. The molecular weight excluding hydrogens is 597 g/mol.